The van der Waals surface area contributed by atoms with Crippen LogP contribution < -0.4 is 11.5 Å². The van der Waals surface area contributed by atoms with Crippen molar-refractivity contribution in [1.82, 2.24) is 49.1 Å². The molecule has 0 saturated carbocycles. The number of rotatable bonds is 15. The smallest absolute Gasteiger partial charge is 0.343 e. The van der Waals surface area contributed by atoms with Gasteiger partial charge in [0.2, 0.25) is 0 Å². The molecule has 20 heteroatoms. The van der Waals surface area contributed by atoms with Gasteiger partial charge in [-0.25, -0.2) is 24.1 Å². The van der Waals surface area contributed by atoms with Crippen LogP contribution in [0.1, 0.15) is 71.6 Å². The minimum atomic E-state index is -0.691. The standard InChI is InChI=1S/C30H38N16O4/c1-6-8-10-19-24(37-39-28-17(21(48)16-47)12-35-43(28)3)26(31)45(41-19)22-14-34-23(15-33-22)46-27(32)25(20(42-46)11-9-7-2)38-40-29-18(30(49)50-5)13-36-44(29)4/h12-15,47H,6-11,16,31-32H2,1-5H3/b39-37+,40-38+. The molecule has 0 saturated heterocycles. The fourth-order valence-electron chi connectivity index (χ4n) is 4.90. The number of aromatic nitrogens is 10. The zero-order valence-electron chi connectivity index (χ0n) is 28.3. The number of aliphatic hydroxyl groups is 1. The van der Waals surface area contributed by atoms with Gasteiger partial charge in [-0.1, -0.05) is 26.7 Å². The summed E-state index contributed by atoms with van der Waals surface area (Å²) in [5.74, 6) is 0.150. The number of nitrogens with zero attached hydrogens (tertiary/aromatic N) is 14. The minimum Gasteiger partial charge on any atom is -0.465 e. The van der Waals surface area contributed by atoms with Gasteiger partial charge in [0.25, 0.3) is 0 Å². The van der Waals surface area contributed by atoms with Crippen LogP contribution in [-0.2, 0) is 31.7 Å². The lowest BCUT2D eigenvalue weighted by molar-refractivity contribution is 0.0601. The largest absolute Gasteiger partial charge is 0.465 e. The first-order valence-corrected chi connectivity index (χ1v) is 15.8. The highest BCUT2D eigenvalue weighted by Crippen LogP contribution is 2.34. The number of methoxy groups -OCH3 is 1. The Labute approximate surface area is 285 Å². The van der Waals surface area contributed by atoms with Crippen molar-refractivity contribution in [3.05, 3.63) is 47.3 Å². The molecule has 0 radical (unpaired) electrons. The highest BCUT2D eigenvalue weighted by Gasteiger charge is 2.22. The van der Waals surface area contributed by atoms with Crippen LogP contribution in [0.5, 0.6) is 0 Å². The van der Waals surface area contributed by atoms with Gasteiger partial charge in [-0.2, -0.15) is 29.8 Å². The highest BCUT2D eigenvalue weighted by atomic mass is 16.5. The number of hydrogen-bond donors (Lipinski definition) is 3. The summed E-state index contributed by atoms with van der Waals surface area (Å²) in [6, 6.07) is 0. The molecule has 0 bridgehead atoms. The average Bonchev–Trinajstić information content (AvgIpc) is 3.86. The number of Topliss-reactive ketones (excluding diaryl/α,β-unsaturated/α-hetero) is 1. The van der Waals surface area contributed by atoms with Gasteiger partial charge >= 0.3 is 5.97 Å². The maximum absolute atomic E-state index is 12.2. The highest BCUT2D eigenvalue weighted by molar-refractivity contribution is 6.00. The summed E-state index contributed by atoms with van der Waals surface area (Å²) >= 11 is 0. The van der Waals surface area contributed by atoms with Gasteiger partial charge in [0.1, 0.15) is 12.2 Å². The van der Waals surface area contributed by atoms with Crippen LogP contribution in [0, 0.1) is 0 Å². The van der Waals surface area contributed by atoms with Crippen molar-refractivity contribution < 1.29 is 19.4 Å². The van der Waals surface area contributed by atoms with Gasteiger partial charge in [-0.3, -0.25) is 4.79 Å². The maximum Gasteiger partial charge on any atom is 0.343 e. The summed E-state index contributed by atoms with van der Waals surface area (Å²) in [7, 11) is 4.51. The van der Waals surface area contributed by atoms with E-state index in [0.717, 1.165) is 25.7 Å². The van der Waals surface area contributed by atoms with Crippen LogP contribution in [0.4, 0.5) is 34.6 Å². The molecule has 5 aromatic rings. The number of anilines is 2. The summed E-state index contributed by atoms with van der Waals surface area (Å²) in [5.41, 5.74) is 15.1. The lowest BCUT2D eigenvalue weighted by Gasteiger charge is -2.05. The summed E-state index contributed by atoms with van der Waals surface area (Å²) in [4.78, 5) is 33.5. The lowest BCUT2D eigenvalue weighted by atomic mass is 10.2. The molecule has 5 rings (SSSR count). The second kappa shape index (κ2) is 15.4. The van der Waals surface area contributed by atoms with E-state index in [1.54, 1.807) is 14.1 Å². The molecule has 0 atom stereocenters. The molecule has 0 spiro atoms. The Bertz CT molecular complexity index is 1910. The minimum absolute atomic E-state index is 0.129. The monoisotopic (exact) mass is 686 g/mol. The number of ether oxygens (including phenoxy) is 1. The van der Waals surface area contributed by atoms with Crippen molar-refractivity contribution in [3.63, 3.8) is 0 Å². The van der Waals surface area contributed by atoms with Gasteiger partial charge in [-0.05, 0) is 25.7 Å². The van der Waals surface area contributed by atoms with Gasteiger partial charge in [0.05, 0.1) is 48.8 Å². The Morgan fingerprint density at radius 3 is 1.64 bits per heavy atom. The van der Waals surface area contributed by atoms with Crippen molar-refractivity contribution >= 4 is 46.4 Å². The summed E-state index contributed by atoms with van der Waals surface area (Å²) < 4.78 is 10.4. The second-order valence-electron chi connectivity index (χ2n) is 11.1. The number of aryl methyl sites for hydroxylation is 4. The van der Waals surface area contributed by atoms with E-state index in [-0.39, 0.29) is 34.4 Å². The Morgan fingerprint density at radius 1 is 0.760 bits per heavy atom. The number of azo groups is 2. The summed E-state index contributed by atoms with van der Waals surface area (Å²) in [6.45, 7) is 3.41. The molecule has 0 fully saturated rings. The Morgan fingerprint density at radius 2 is 1.22 bits per heavy atom. The first kappa shape index (κ1) is 35.1. The summed E-state index contributed by atoms with van der Waals surface area (Å²) in [6.07, 6.45) is 10.2. The predicted molar refractivity (Wildman–Crippen MR) is 180 cm³/mol. The number of esters is 1. The number of nitrogen functional groups attached to an aromatic ring is 2. The van der Waals surface area contributed by atoms with E-state index in [1.165, 1.54) is 50.6 Å². The third-order valence-electron chi connectivity index (χ3n) is 7.68. The molecule has 5 N–H and O–H groups in total. The van der Waals surface area contributed by atoms with Crippen LogP contribution in [-0.4, -0.2) is 79.7 Å². The van der Waals surface area contributed by atoms with E-state index >= 15 is 0 Å². The fourth-order valence-corrected chi connectivity index (χ4v) is 4.90. The molecule has 0 unspecified atom stereocenters. The fraction of sp³-hybridized carbons (Fsp3) is 0.400. The Kier molecular flexibility index (Phi) is 10.8. The number of ketones is 1. The number of hydrogen-bond acceptors (Lipinski definition) is 16. The van der Waals surface area contributed by atoms with Crippen LogP contribution >= 0.6 is 0 Å². The molecule has 0 aromatic carbocycles. The van der Waals surface area contributed by atoms with Gasteiger partial charge in [-0.15, -0.1) is 20.5 Å². The van der Waals surface area contributed by atoms with Crippen molar-refractivity contribution in [1.29, 1.82) is 0 Å². The molecular formula is C30H38N16O4. The van der Waals surface area contributed by atoms with E-state index in [1.807, 2.05) is 6.92 Å². The van der Waals surface area contributed by atoms with Crippen LogP contribution in [0.3, 0.4) is 0 Å². The van der Waals surface area contributed by atoms with Crippen LogP contribution in [0.25, 0.3) is 11.6 Å². The molecule has 50 heavy (non-hydrogen) atoms. The normalized spacial score (nSPS) is 11.7. The van der Waals surface area contributed by atoms with E-state index in [4.69, 9.17) is 16.2 Å². The quantitative estimate of drug-likeness (QED) is 0.0803. The summed E-state index contributed by atoms with van der Waals surface area (Å²) in [5, 5.41) is 44.0. The zero-order chi connectivity index (χ0) is 35.9. The lowest BCUT2D eigenvalue weighted by Crippen LogP contribution is -2.09. The van der Waals surface area contributed by atoms with E-state index in [0.29, 0.717) is 47.2 Å². The predicted octanol–water partition coefficient (Wildman–Crippen LogP) is 3.96. The van der Waals surface area contributed by atoms with E-state index in [9.17, 15) is 14.7 Å². The van der Waals surface area contributed by atoms with Crippen LogP contribution in [0.2, 0.25) is 0 Å². The SMILES string of the molecule is CCCCc1nn(-c2cnc(-n3nc(CCCC)c(/N=N/c4c(C(=O)OC)cnn4C)c3N)cn2)c(N)c1/N=N/c1c(C(=O)CO)cnn1C. The van der Waals surface area contributed by atoms with E-state index in [2.05, 4.69) is 57.7 Å². The molecule has 20 nitrogen and oxygen atoms in total. The molecular weight excluding hydrogens is 648 g/mol. The van der Waals surface area contributed by atoms with Crippen molar-refractivity contribution in [2.75, 3.05) is 25.2 Å². The third-order valence-corrected chi connectivity index (χ3v) is 7.68. The maximum atomic E-state index is 12.2. The number of carbonyl (C=O) groups excluding carboxylic acids is 2. The Balaban J connectivity index is 1.49. The molecule has 0 aliphatic heterocycles. The van der Waals surface area contributed by atoms with Gasteiger partial charge < -0.3 is 21.3 Å². The molecule has 5 aromatic heterocycles. The van der Waals surface area contributed by atoms with E-state index < -0.39 is 18.4 Å². The first-order valence-electron chi connectivity index (χ1n) is 15.8. The molecule has 0 aliphatic carbocycles. The van der Waals surface area contributed by atoms with Crippen molar-refractivity contribution in [2.45, 2.75) is 52.4 Å². The zero-order valence-corrected chi connectivity index (χ0v) is 28.3. The molecule has 5 heterocycles. The molecule has 0 aliphatic rings. The van der Waals surface area contributed by atoms with Crippen molar-refractivity contribution in [2.24, 2.45) is 34.6 Å². The average molecular weight is 687 g/mol. The molecule has 0 amide bonds. The van der Waals surface area contributed by atoms with Gasteiger partial charge in [0, 0.05) is 14.1 Å². The number of nitrogens with two attached hydrogens (primary N) is 2. The third kappa shape index (κ3) is 6.99. The first-order chi connectivity index (χ1) is 24.1. The van der Waals surface area contributed by atoms with Gasteiger partial charge in [0.15, 0.2) is 52.1 Å². The number of carbonyl (C=O) groups is 2. The second-order valence-corrected chi connectivity index (χ2v) is 11.1. The number of aliphatic hydroxyl groups excluding tert-OH is 1. The van der Waals surface area contributed by atoms with Crippen molar-refractivity contribution in [3.8, 4) is 11.6 Å². The Hall–Kier alpha value is -6.18. The molecule has 262 valence electrons. The topological polar surface area (TPSA) is 262 Å². The number of unbranched alkanes of at least 4 members (excludes halogenated alkanes) is 2. The van der Waals surface area contributed by atoms with Crippen LogP contribution in [0.15, 0.2) is 45.2 Å².